The lowest BCUT2D eigenvalue weighted by atomic mass is 10.00. The molecule has 3 aromatic carbocycles. The molecular formula is C24H28N2O3. The van der Waals surface area contributed by atoms with Gasteiger partial charge in [0.25, 0.3) is 0 Å². The van der Waals surface area contributed by atoms with Crippen LogP contribution in [0.2, 0.25) is 0 Å². The van der Waals surface area contributed by atoms with Gasteiger partial charge in [0, 0.05) is 6.54 Å². The predicted octanol–water partition coefficient (Wildman–Crippen LogP) is 4.17. The minimum absolute atomic E-state index is 0.00610. The van der Waals surface area contributed by atoms with Crippen molar-refractivity contribution in [2.24, 2.45) is 0 Å². The Morgan fingerprint density at radius 2 is 1.72 bits per heavy atom. The number of carbonyl (C=O) groups excluding carboxylic acids is 1. The Morgan fingerprint density at radius 3 is 2.48 bits per heavy atom. The van der Waals surface area contributed by atoms with Gasteiger partial charge in [-0.15, -0.1) is 0 Å². The molecule has 0 aliphatic rings. The maximum absolute atomic E-state index is 12.6. The fourth-order valence-electron chi connectivity index (χ4n) is 3.58. The topological polar surface area (TPSA) is 50.8 Å². The molecule has 0 aliphatic carbocycles. The van der Waals surface area contributed by atoms with E-state index >= 15 is 0 Å². The number of benzene rings is 3. The summed E-state index contributed by atoms with van der Waals surface area (Å²) in [5.74, 6) is 1.38. The number of ether oxygens (including phenoxy) is 2. The summed E-state index contributed by atoms with van der Waals surface area (Å²) in [5.41, 5.74) is 2.18. The molecule has 1 atom stereocenters. The summed E-state index contributed by atoms with van der Waals surface area (Å²) in [7, 11) is 5.16. The molecule has 152 valence electrons. The molecule has 5 heteroatoms. The SMILES string of the molecule is COc1ccc(CN(C)CC(=O)N[C@@H](C)c2cccc3ccccc23)cc1OC. The minimum atomic E-state index is -0.0666. The van der Waals surface area contributed by atoms with E-state index in [1.54, 1.807) is 14.2 Å². The van der Waals surface area contributed by atoms with Gasteiger partial charge in [0.05, 0.1) is 26.8 Å². The number of hydrogen-bond donors (Lipinski definition) is 1. The van der Waals surface area contributed by atoms with Crippen LogP contribution in [0.1, 0.15) is 24.1 Å². The van der Waals surface area contributed by atoms with Gasteiger partial charge >= 0.3 is 0 Å². The fraction of sp³-hybridized carbons (Fsp3) is 0.292. The second-order valence-corrected chi connectivity index (χ2v) is 7.22. The molecule has 0 radical (unpaired) electrons. The number of fused-ring (bicyclic) bond motifs is 1. The van der Waals surface area contributed by atoms with E-state index in [2.05, 4.69) is 29.6 Å². The van der Waals surface area contributed by atoms with Crippen molar-refractivity contribution in [2.45, 2.75) is 19.5 Å². The van der Waals surface area contributed by atoms with Crippen LogP contribution in [0.3, 0.4) is 0 Å². The van der Waals surface area contributed by atoms with Crippen LogP contribution >= 0.6 is 0 Å². The van der Waals surface area contributed by atoms with E-state index in [1.807, 2.05) is 55.3 Å². The van der Waals surface area contributed by atoms with Crippen LogP contribution in [0.25, 0.3) is 10.8 Å². The second kappa shape index (κ2) is 9.43. The van der Waals surface area contributed by atoms with Gasteiger partial charge in [0.2, 0.25) is 5.91 Å². The molecule has 3 aromatic rings. The van der Waals surface area contributed by atoms with Crippen molar-refractivity contribution in [2.75, 3.05) is 27.8 Å². The van der Waals surface area contributed by atoms with Crippen molar-refractivity contribution in [3.05, 3.63) is 71.8 Å². The van der Waals surface area contributed by atoms with Crippen LogP contribution in [0.15, 0.2) is 60.7 Å². The Kier molecular flexibility index (Phi) is 6.73. The van der Waals surface area contributed by atoms with Crippen molar-refractivity contribution in [1.29, 1.82) is 0 Å². The van der Waals surface area contributed by atoms with Crippen molar-refractivity contribution >= 4 is 16.7 Å². The lowest BCUT2D eigenvalue weighted by molar-refractivity contribution is -0.122. The first kappa shape index (κ1) is 20.7. The van der Waals surface area contributed by atoms with Gasteiger partial charge in [-0.3, -0.25) is 9.69 Å². The quantitative estimate of drug-likeness (QED) is 0.625. The van der Waals surface area contributed by atoms with Crippen molar-refractivity contribution < 1.29 is 14.3 Å². The molecule has 0 spiro atoms. The maximum atomic E-state index is 12.6. The molecule has 0 fully saturated rings. The minimum Gasteiger partial charge on any atom is -0.493 e. The van der Waals surface area contributed by atoms with E-state index in [0.29, 0.717) is 24.6 Å². The average Bonchev–Trinajstić information content (AvgIpc) is 2.72. The van der Waals surface area contributed by atoms with E-state index in [-0.39, 0.29) is 11.9 Å². The third kappa shape index (κ3) is 5.06. The molecule has 0 saturated heterocycles. The molecule has 1 N–H and O–H groups in total. The Bertz CT molecular complexity index is 982. The van der Waals surface area contributed by atoms with Crippen molar-refractivity contribution in [1.82, 2.24) is 10.2 Å². The zero-order chi connectivity index (χ0) is 20.8. The standard InChI is InChI=1S/C24H28N2O3/c1-17(20-11-7-9-19-8-5-6-10-21(19)20)25-24(27)16-26(2)15-18-12-13-22(28-3)23(14-18)29-4/h5-14,17H,15-16H2,1-4H3,(H,25,27)/t17-/m0/s1. The lowest BCUT2D eigenvalue weighted by Gasteiger charge is -2.20. The van der Waals surface area contributed by atoms with E-state index in [9.17, 15) is 4.79 Å². The Hall–Kier alpha value is -3.05. The molecule has 0 unspecified atom stereocenters. The highest BCUT2D eigenvalue weighted by Crippen LogP contribution is 2.28. The zero-order valence-electron chi connectivity index (χ0n) is 17.4. The third-order valence-corrected chi connectivity index (χ3v) is 4.98. The fourth-order valence-corrected chi connectivity index (χ4v) is 3.58. The molecule has 1 amide bonds. The lowest BCUT2D eigenvalue weighted by Crippen LogP contribution is -2.36. The zero-order valence-corrected chi connectivity index (χ0v) is 17.4. The number of nitrogens with zero attached hydrogens (tertiary/aromatic N) is 1. The first-order chi connectivity index (χ1) is 14.0. The highest BCUT2D eigenvalue weighted by molar-refractivity contribution is 5.87. The monoisotopic (exact) mass is 392 g/mol. The summed E-state index contributed by atoms with van der Waals surface area (Å²) in [6, 6.07) is 20.2. The highest BCUT2D eigenvalue weighted by atomic mass is 16.5. The number of likely N-dealkylation sites (N-methyl/N-ethyl adjacent to an activating group) is 1. The molecule has 0 saturated carbocycles. The molecule has 0 aromatic heterocycles. The number of nitrogens with one attached hydrogen (secondary N) is 1. The van der Waals surface area contributed by atoms with Crippen LogP contribution in [-0.2, 0) is 11.3 Å². The second-order valence-electron chi connectivity index (χ2n) is 7.22. The van der Waals surface area contributed by atoms with Gasteiger partial charge in [-0.25, -0.2) is 0 Å². The van der Waals surface area contributed by atoms with Gasteiger partial charge in [-0.1, -0.05) is 48.5 Å². The predicted molar refractivity (Wildman–Crippen MR) is 116 cm³/mol. The maximum Gasteiger partial charge on any atom is 0.234 e. The first-order valence-corrected chi connectivity index (χ1v) is 9.68. The third-order valence-electron chi connectivity index (χ3n) is 4.98. The van der Waals surface area contributed by atoms with Crippen LogP contribution in [-0.4, -0.2) is 38.6 Å². The Balaban J connectivity index is 1.61. The Morgan fingerprint density at radius 1 is 1.00 bits per heavy atom. The number of hydrogen-bond acceptors (Lipinski definition) is 4. The molecule has 3 rings (SSSR count). The van der Waals surface area contributed by atoms with Gasteiger partial charge in [0.1, 0.15) is 0 Å². The molecule has 5 nitrogen and oxygen atoms in total. The van der Waals surface area contributed by atoms with E-state index in [4.69, 9.17) is 9.47 Å². The molecule has 29 heavy (non-hydrogen) atoms. The number of amides is 1. The van der Waals surface area contributed by atoms with E-state index < -0.39 is 0 Å². The summed E-state index contributed by atoms with van der Waals surface area (Å²) in [5, 5.41) is 5.47. The van der Waals surface area contributed by atoms with Gasteiger partial charge in [-0.05, 0) is 48.0 Å². The van der Waals surface area contributed by atoms with Crippen LogP contribution in [0, 0.1) is 0 Å². The number of rotatable bonds is 8. The van der Waals surface area contributed by atoms with Gasteiger partial charge in [-0.2, -0.15) is 0 Å². The van der Waals surface area contributed by atoms with Gasteiger partial charge in [0.15, 0.2) is 11.5 Å². The normalized spacial score (nSPS) is 12.0. The van der Waals surface area contributed by atoms with E-state index in [0.717, 1.165) is 11.1 Å². The van der Waals surface area contributed by atoms with Crippen LogP contribution in [0.5, 0.6) is 11.5 Å². The Labute approximate surface area is 172 Å². The number of methoxy groups -OCH3 is 2. The van der Waals surface area contributed by atoms with Crippen LogP contribution in [0.4, 0.5) is 0 Å². The van der Waals surface area contributed by atoms with Gasteiger partial charge < -0.3 is 14.8 Å². The summed E-state index contributed by atoms with van der Waals surface area (Å²) < 4.78 is 10.6. The first-order valence-electron chi connectivity index (χ1n) is 9.68. The van der Waals surface area contributed by atoms with Crippen LogP contribution < -0.4 is 14.8 Å². The van der Waals surface area contributed by atoms with Crippen molar-refractivity contribution in [3.8, 4) is 11.5 Å². The summed E-state index contributed by atoms with van der Waals surface area (Å²) in [6.07, 6.45) is 0. The smallest absolute Gasteiger partial charge is 0.234 e. The average molecular weight is 392 g/mol. The highest BCUT2D eigenvalue weighted by Gasteiger charge is 2.14. The summed E-state index contributed by atoms with van der Waals surface area (Å²) in [4.78, 5) is 14.6. The largest absolute Gasteiger partial charge is 0.493 e. The number of carbonyl (C=O) groups is 1. The molecule has 0 aliphatic heterocycles. The van der Waals surface area contributed by atoms with E-state index in [1.165, 1.54) is 10.8 Å². The molecule has 0 heterocycles. The summed E-state index contributed by atoms with van der Waals surface area (Å²) >= 11 is 0. The summed E-state index contributed by atoms with van der Waals surface area (Å²) in [6.45, 7) is 2.97. The molecule has 0 bridgehead atoms. The van der Waals surface area contributed by atoms with Crippen molar-refractivity contribution in [3.63, 3.8) is 0 Å². The molecular weight excluding hydrogens is 364 g/mol.